The molecule has 1 saturated heterocycles. The van der Waals surface area contributed by atoms with Crippen LogP contribution in [0.25, 0.3) is 6.08 Å². The number of halogens is 3. The fourth-order valence-electron chi connectivity index (χ4n) is 2.90. The van der Waals surface area contributed by atoms with Crippen LogP contribution in [0, 0.1) is 5.82 Å². The van der Waals surface area contributed by atoms with Crippen molar-refractivity contribution in [3.63, 3.8) is 0 Å². The Morgan fingerprint density at radius 3 is 2.61 bits per heavy atom. The summed E-state index contributed by atoms with van der Waals surface area (Å²) in [5, 5.41) is -0.228. The van der Waals surface area contributed by atoms with E-state index in [1.54, 1.807) is 13.0 Å². The van der Waals surface area contributed by atoms with Gasteiger partial charge in [-0.3, -0.25) is 14.5 Å². The number of benzene rings is 2. The normalized spacial score (nSPS) is 14.7. The lowest BCUT2D eigenvalue weighted by Crippen LogP contribution is -2.27. The molecule has 0 unspecified atom stereocenters. The molecule has 1 fully saturated rings. The highest BCUT2D eigenvalue weighted by Crippen LogP contribution is 2.39. The largest absolute Gasteiger partial charge is 0.493 e. The molecule has 1 heterocycles. The number of rotatable bonds is 8. The first-order chi connectivity index (χ1) is 15.7. The first-order valence-corrected chi connectivity index (χ1v) is 11.2. The van der Waals surface area contributed by atoms with Gasteiger partial charge in [-0.15, -0.1) is 0 Å². The number of esters is 1. The lowest BCUT2D eigenvalue weighted by molar-refractivity contribution is -0.145. The number of carbonyl (C=O) groups excluding carboxylic acids is 3. The van der Waals surface area contributed by atoms with E-state index in [9.17, 15) is 18.8 Å². The summed E-state index contributed by atoms with van der Waals surface area (Å²) in [6.45, 7) is 1.45. The van der Waals surface area contributed by atoms with Crippen molar-refractivity contribution < 1.29 is 33.0 Å². The summed E-state index contributed by atoms with van der Waals surface area (Å²) < 4.78 is 28.8. The van der Waals surface area contributed by atoms with Crippen LogP contribution < -0.4 is 9.47 Å². The van der Waals surface area contributed by atoms with E-state index in [0.29, 0.717) is 11.1 Å². The molecule has 0 aromatic heterocycles. The third-order valence-electron chi connectivity index (χ3n) is 4.41. The van der Waals surface area contributed by atoms with Crippen LogP contribution in [0.1, 0.15) is 18.1 Å². The van der Waals surface area contributed by atoms with Crippen molar-refractivity contribution >= 4 is 58.2 Å². The highest BCUT2D eigenvalue weighted by molar-refractivity contribution is 8.18. The van der Waals surface area contributed by atoms with Gasteiger partial charge in [-0.05, 0) is 60.2 Å². The Labute approximate surface area is 203 Å². The minimum atomic E-state index is -0.561. The van der Waals surface area contributed by atoms with Gasteiger partial charge in [-0.1, -0.05) is 29.3 Å². The Kier molecular flexibility index (Phi) is 8.23. The maximum Gasteiger partial charge on any atom is 0.344 e. The van der Waals surface area contributed by atoms with Gasteiger partial charge in [-0.2, -0.15) is 0 Å². The van der Waals surface area contributed by atoms with Gasteiger partial charge in [-0.25, -0.2) is 9.18 Å². The Balaban J connectivity index is 1.81. The molecule has 0 atom stereocenters. The van der Waals surface area contributed by atoms with Crippen LogP contribution >= 0.6 is 35.0 Å². The first kappa shape index (κ1) is 24.9. The zero-order valence-electron chi connectivity index (χ0n) is 17.5. The smallest absolute Gasteiger partial charge is 0.344 e. The van der Waals surface area contributed by atoms with Crippen molar-refractivity contribution in [2.45, 2.75) is 13.5 Å². The van der Waals surface area contributed by atoms with E-state index in [0.717, 1.165) is 22.7 Å². The third-order valence-corrected chi connectivity index (χ3v) is 5.95. The second kappa shape index (κ2) is 10.9. The predicted octanol–water partition coefficient (Wildman–Crippen LogP) is 5.32. The summed E-state index contributed by atoms with van der Waals surface area (Å²) in [5.41, 5.74) is 0.917. The molecule has 2 aromatic carbocycles. The summed E-state index contributed by atoms with van der Waals surface area (Å²) in [6.07, 6.45) is 1.49. The maximum absolute atomic E-state index is 13.3. The number of carbonyl (C=O) groups is 3. The highest BCUT2D eigenvalue weighted by atomic mass is 35.5. The second-order valence-corrected chi connectivity index (χ2v) is 8.44. The van der Waals surface area contributed by atoms with Crippen molar-refractivity contribution in [3.8, 4) is 11.5 Å². The molecule has 3 rings (SSSR count). The third kappa shape index (κ3) is 5.98. The molecular weight excluding hydrogens is 496 g/mol. The van der Waals surface area contributed by atoms with Gasteiger partial charge in [0.25, 0.3) is 11.1 Å². The first-order valence-electron chi connectivity index (χ1n) is 9.58. The number of methoxy groups -OCH3 is 1. The summed E-state index contributed by atoms with van der Waals surface area (Å²) in [6, 6.07) is 6.80. The molecule has 0 saturated carbocycles. The van der Waals surface area contributed by atoms with Crippen LogP contribution in [0.15, 0.2) is 35.2 Å². The van der Waals surface area contributed by atoms with Gasteiger partial charge < -0.3 is 14.2 Å². The lowest BCUT2D eigenvalue weighted by Gasteiger charge is -2.14. The molecule has 7 nitrogen and oxygen atoms in total. The van der Waals surface area contributed by atoms with Gasteiger partial charge in [0, 0.05) is 5.02 Å². The molecule has 0 radical (unpaired) electrons. The Hall–Kier alpha value is -2.75. The molecule has 11 heteroatoms. The lowest BCUT2D eigenvalue weighted by atomic mass is 10.1. The average Bonchev–Trinajstić information content (AvgIpc) is 3.01. The quantitative estimate of drug-likeness (QED) is 0.349. The molecule has 0 aliphatic carbocycles. The van der Waals surface area contributed by atoms with Crippen LogP contribution in [0.2, 0.25) is 10.0 Å². The summed E-state index contributed by atoms with van der Waals surface area (Å²) >= 11 is 13.1. The minimum Gasteiger partial charge on any atom is -0.493 e. The molecule has 0 bridgehead atoms. The van der Waals surface area contributed by atoms with E-state index in [2.05, 4.69) is 0 Å². The fraction of sp³-hybridized carbons (Fsp3) is 0.227. The standard InChI is InChI=1S/C22H18Cl2FNO6S/c1-3-31-19(27)11-32-20-16(24)6-12(7-17(20)30-2)8-18-21(28)26(22(29)33-18)10-13-4-5-14(25)9-15(13)23/h4-9H,3,10-11H2,1-2H3/b18-8-. The van der Waals surface area contributed by atoms with Crippen molar-refractivity contribution in [2.24, 2.45) is 0 Å². The van der Waals surface area contributed by atoms with Crippen LogP contribution in [0.3, 0.4) is 0 Å². The zero-order valence-corrected chi connectivity index (χ0v) is 19.9. The van der Waals surface area contributed by atoms with Crippen molar-refractivity contribution in [1.29, 1.82) is 0 Å². The minimum absolute atomic E-state index is 0.0914. The molecule has 2 amide bonds. The molecule has 1 aliphatic rings. The summed E-state index contributed by atoms with van der Waals surface area (Å²) in [4.78, 5) is 37.9. The average molecular weight is 514 g/mol. The van der Waals surface area contributed by atoms with E-state index in [1.165, 1.54) is 31.4 Å². The Morgan fingerprint density at radius 1 is 1.18 bits per heavy atom. The van der Waals surface area contributed by atoms with Crippen LogP contribution in [-0.2, 0) is 20.9 Å². The number of hydrogen-bond donors (Lipinski definition) is 0. The van der Waals surface area contributed by atoms with E-state index in [4.69, 9.17) is 37.4 Å². The molecule has 0 N–H and O–H groups in total. The number of nitrogens with zero attached hydrogens (tertiary/aromatic N) is 1. The number of ether oxygens (including phenoxy) is 3. The van der Waals surface area contributed by atoms with Gasteiger partial charge >= 0.3 is 5.97 Å². The second-order valence-electron chi connectivity index (χ2n) is 6.63. The van der Waals surface area contributed by atoms with Gasteiger partial charge in [0.2, 0.25) is 0 Å². The molecular formula is C22H18Cl2FNO6S. The predicted molar refractivity (Wildman–Crippen MR) is 123 cm³/mol. The SMILES string of the molecule is CCOC(=O)COc1c(Cl)cc(/C=C2\SC(=O)N(Cc3ccc(F)cc3Cl)C2=O)cc1OC. The molecule has 0 spiro atoms. The number of amides is 2. The molecule has 33 heavy (non-hydrogen) atoms. The van der Waals surface area contributed by atoms with E-state index >= 15 is 0 Å². The van der Waals surface area contributed by atoms with Gasteiger partial charge in [0.15, 0.2) is 18.1 Å². The molecule has 2 aromatic rings. The zero-order chi connectivity index (χ0) is 24.1. The monoisotopic (exact) mass is 513 g/mol. The molecule has 174 valence electrons. The van der Waals surface area contributed by atoms with Crippen LogP contribution in [-0.4, -0.2) is 42.3 Å². The Morgan fingerprint density at radius 2 is 1.94 bits per heavy atom. The fourth-order valence-corrected chi connectivity index (χ4v) is 4.24. The number of hydrogen-bond acceptors (Lipinski definition) is 7. The molecule has 1 aliphatic heterocycles. The number of imide groups is 1. The van der Waals surface area contributed by atoms with Crippen LogP contribution in [0.4, 0.5) is 9.18 Å². The van der Waals surface area contributed by atoms with Gasteiger partial charge in [0.1, 0.15) is 5.82 Å². The van der Waals surface area contributed by atoms with Crippen LogP contribution in [0.5, 0.6) is 11.5 Å². The van der Waals surface area contributed by atoms with Crippen molar-refractivity contribution in [3.05, 3.63) is 62.2 Å². The summed E-state index contributed by atoms with van der Waals surface area (Å²) in [7, 11) is 1.40. The van der Waals surface area contributed by atoms with Gasteiger partial charge in [0.05, 0.1) is 30.2 Å². The van der Waals surface area contributed by atoms with E-state index < -0.39 is 22.9 Å². The maximum atomic E-state index is 13.3. The number of thioether (sulfide) groups is 1. The van der Waals surface area contributed by atoms with Crippen molar-refractivity contribution in [1.82, 2.24) is 4.90 Å². The Bertz CT molecular complexity index is 1140. The van der Waals surface area contributed by atoms with Crippen molar-refractivity contribution in [2.75, 3.05) is 20.3 Å². The summed E-state index contributed by atoms with van der Waals surface area (Å²) in [5.74, 6) is -1.23. The topological polar surface area (TPSA) is 82.1 Å². The highest BCUT2D eigenvalue weighted by Gasteiger charge is 2.35. The van der Waals surface area contributed by atoms with E-state index in [-0.39, 0.29) is 46.2 Å². The van der Waals surface area contributed by atoms with E-state index in [1.807, 2.05) is 0 Å².